The third kappa shape index (κ3) is 3.85. The SMILES string of the molecule is CC[C@@H](C(=O)NCCN1C(=O)CSC1=O)c1ccccc1. The molecule has 1 aliphatic rings. The zero-order valence-electron chi connectivity index (χ0n) is 11.9. The molecule has 0 radical (unpaired) electrons. The molecule has 0 aromatic heterocycles. The van der Waals surface area contributed by atoms with Crippen molar-refractivity contribution in [2.75, 3.05) is 18.8 Å². The van der Waals surface area contributed by atoms with Crippen LogP contribution < -0.4 is 5.32 Å². The second-order valence-electron chi connectivity index (χ2n) is 4.76. The van der Waals surface area contributed by atoms with Gasteiger partial charge in [-0.15, -0.1) is 0 Å². The highest BCUT2D eigenvalue weighted by Crippen LogP contribution is 2.20. The minimum atomic E-state index is -0.232. The maximum absolute atomic E-state index is 12.2. The number of hydrogen-bond donors (Lipinski definition) is 1. The second-order valence-corrected chi connectivity index (χ2v) is 5.69. The van der Waals surface area contributed by atoms with Gasteiger partial charge in [-0.25, -0.2) is 0 Å². The molecule has 0 aliphatic carbocycles. The number of rotatable bonds is 6. The van der Waals surface area contributed by atoms with E-state index in [1.54, 1.807) is 0 Å². The molecule has 1 aromatic rings. The molecule has 1 aromatic carbocycles. The van der Waals surface area contributed by atoms with Crippen molar-refractivity contribution in [3.8, 4) is 0 Å². The Morgan fingerprint density at radius 2 is 2.05 bits per heavy atom. The van der Waals surface area contributed by atoms with Crippen LogP contribution in [0.5, 0.6) is 0 Å². The molecule has 1 fully saturated rings. The number of nitrogens with zero attached hydrogens (tertiary/aromatic N) is 1. The van der Waals surface area contributed by atoms with Gasteiger partial charge in [0.25, 0.3) is 5.24 Å². The second kappa shape index (κ2) is 7.26. The smallest absolute Gasteiger partial charge is 0.288 e. The van der Waals surface area contributed by atoms with E-state index >= 15 is 0 Å². The van der Waals surface area contributed by atoms with Gasteiger partial charge in [-0.3, -0.25) is 19.3 Å². The number of hydrogen-bond acceptors (Lipinski definition) is 4. The molecule has 2 rings (SSSR count). The van der Waals surface area contributed by atoms with E-state index in [1.165, 1.54) is 4.90 Å². The molecule has 5 nitrogen and oxygen atoms in total. The van der Waals surface area contributed by atoms with Crippen molar-refractivity contribution < 1.29 is 14.4 Å². The van der Waals surface area contributed by atoms with Crippen molar-refractivity contribution in [2.24, 2.45) is 0 Å². The van der Waals surface area contributed by atoms with Gasteiger partial charge in [0.1, 0.15) is 0 Å². The molecule has 21 heavy (non-hydrogen) atoms. The standard InChI is InChI=1S/C15H18N2O3S/c1-2-12(11-6-4-3-5-7-11)14(19)16-8-9-17-13(18)10-21-15(17)20/h3-7,12H,2,8-10H2,1H3,(H,16,19)/t12-/m1/s1. The van der Waals surface area contributed by atoms with E-state index < -0.39 is 0 Å². The molecule has 6 heteroatoms. The van der Waals surface area contributed by atoms with Crippen LogP contribution >= 0.6 is 11.8 Å². The minimum Gasteiger partial charge on any atom is -0.354 e. The minimum absolute atomic E-state index is 0.0737. The third-order valence-electron chi connectivity index (χ3n) is 3.40. The first-order valence-electron chi connectivity index (χ1n) is 6.93. The summed E-state index contributed by atoms with van der Waals surface area (Å²) >= 11 is 1.00. The van der Waals surface area contributed by atoms with E-state index in [1.807, 2.05) is 37.3 Å². The number of imide groups is 1. The molecule has 0 saturated carbocycles. The van der Waals surface area contributed by atoms with Crippen LogP contribution in [0.4, 0.5) is 4.79 Å². The van der Waals surface area contributed by atoms with Gasteiger partial charge in [0.15, 0.2) is 0 Å². The number of carbonyl (C=O) groups excluding carboxylic acids is 3. The summed E-state index contributed by atoms with van der Waals surface area (Å²) in [6.45, 7) is 2.49. The van der Waals surface area contributed by atoms with E-state index in [9.17, 15) is 14.4 Å². The van der Waals surface area contributed by atoms with Crippen molar-refractivity contribution in [1.82, 2.24) is 10.2 Å². The summed E-state index contributed by atoms with van der Waals surface area (Å²) in [4.78, 5) is 36.3. The highest BCUT2D eigenvalue weighted by Gasteiger charge is 2.29. The molecule has 0 unspecified atom stereocenters. The van der Waals surface area contributed by atoms with E-state index in [-0.39, 0.29) is 35.3 Å². The number of amides is 3. The Morgan fingerprint density at radius 3 is 2.62 bits per heavy atom. The van der Waals surface area contributed by atoms with E-state index in [2.05, 4.69) is 5.32 Å². The van der Waals surface area contributed by atoms with Crippen molar-refractivity contribution in [1.29, 1.82) is 0 Å². The first-order valence-corrected chi connectivity index (χ1v) is 7.91. The van der Waals surface area contributed by atoms with Crippen molar-refractivity contribution >= 4 is 28.8 Å². The summed E-state index contributed by atoms with van der Waals surface area (Å²) in [6.07, 6.45) is 0.702. The van der Waals surface area contributed by atoms with Gasteiger partial charge in [-0.2, -0.15) is 0 Å². The average Bonchev–Trinajstić information content (AvgIpc) is 2.81. The quantitative estimate of drug-likeness (QED) is 0.873. The first kappa shape index (κ1) is 15.6. The van der Waals surface area contributed by atoms with Crippen LogP contribution in [-0.2, 0) is 9.59 Å². The molecule has 1 heterocycles. The van der Waals surface area contributed by atoms with Gasteiger partial charge in [-0.05, 0) is 12.0 Å². The lowest BCUT2D eigenvalue weighted by atomic mass is 9.96. The molecule has 1 atom stereocenters. The lowest BCUT2D eigenvalue weighted by Gasteiger charge is -2.17. The maximum Gasteiger partial charge on any atom is 0.288 e. The zero-order chi connectivity index (χ0) is 15.2. The molecule has 1 saturated heterocycles. The Balaban J connectivity index is 1.86. The lowest BCUT2D eigenvalue weighted by molar-refractivity contribution is -0.126. The number of nitrogens with one attached hydrogen (secondary N) is 1. The fourth-order valence-corrected chi connectivity index (χ4v) is 3.02. The Morgan fingerprint density at radius 1 is 1.33 bits per heavy atom. The Kier molecular flexibility index (Phi) is 5.38. The topological polar surface area (TPSA) is 66.5 Å². The van der Waals surface area contributed by atoms with Crippen LogP contribution in [0.1, 0.15) is 24.8 Å². The summed E-state index contributed by atoms with van der Waals surface area (Å²) in [5.74, 6) is -0.260. The molecular formula is C15H18N2O3S. The summed E-state index contributed by atoms with van der Waals surface area (Å²) in [6, 6.07) is 9.58. The Hall–Kier alpha value is -1.82. The summed E-state index contributed by atoms with van der Waals surface area (Å²) in [5.41, 5.74) is 0.974. The molecule has 0 spiro atoms. The molecule has 0 bridgehead atoms. The van der Waals surface area contributed by atoms with Gasteiger partial charge >= 0.3 is 0 Å². The van der Waals surface area contributed by atoms with Crippen molar-refractivity contribution in [3.05, 3.63) is 35.9 Å². The van der Waals surface area contributed by atoms with Crippen LogP contribution in [0.2, 0.25) is 0 Å². The zero-order valence-corrected chi connectivity index (χ0v) is 12.7. The van der Waals surface area contributed by atoms with Crippen LogP contribution in [0.15, 0.2) is 30.3 Å². The van der Waals surface area contributed by atoms with Crippen LogP contribution in [0.3, 0.4) is 0 Å². The van der Waals surface area contributed by atoms with Crippen molar-refractivity contribution in [3.63, 3.8) is 0 Å². The number of carbonyl (C=O) groups is 3. The van der Waals surface area contributed by atoms with E-state index in [0.29, 0.717) is 13.0 Å². The van der Waals surface area contributed by atoms with Crippen LogP contribution in [-0.4, -0.2) is 40.8 Å². The number of benzene rings is 1. The third-order valence-corrected chi connectivity index (χ3v) is 4.26. The maximum atomic E-state index is 12.2. The van der Waals surface area contributed by atoms with E-state index in [4.69, 9.17) is 0 Å². The molecule has 1 aliphatic heterocycles. The lowest BCUT2D eigenvalue weighted by Crippen LogP contribution is -2.39. The average molecular weight is 306 g/mol. The highest BCUT2D eigenvalue weighted by molar-refractivity contribution is 8.14. The Labute approximate surface area is 128 Å². The molecule has 112 valence electrons. The molecule has 1 N–H and O–H groups in total. The highest BCUT2D eigenvalue weighted by atomic mass is 32.2. The predicted molar refractivity (Wildman–Crippen MR) is 82.1 cm³/mol. The fourth-order valence-electron chi connectivity index (χ4n) is 2.27. The van der Waals surface area contributed by atoms with Crippen molar-refractivity contribution in [2.45, 2.75) is 19.3 Å². The summed E-state index contributed by atoms with van der Waals surface area (Å²) in [5, 5.41) is 2.57. The van der Waals surface area contributed by atoms with Gasteiger partial charge in [0.2, 0.25) is 11.8 Å². The summed E-state index contributed by atoms with van der Waals surface area (Å²) < 4.78 is 0. The summed E-state index contributed by atoms with van der Waals surface area (Å²) in [7, 11) is 0. The van der Waals surface area contributed by atoms with Gasteiger partial charge < -0.3 is 5.32 Å². The van der Waals surface area contributed by atoms with Gasteiger partial charge in [0, 0.05) is 13.1 Å². The monoisotopic (exact) mass is 306 g/mol. The van der Waals surface area contributed by atoms with Crippen LogP contribution in [0, 0.1) is 0 Å². The van der Waals surface area contributed by atoms with E-state index in [0.717, 1.165) is 17.3 Å². The van der Waals surface area contributed by atoms with Crippen LogP contribution in [0.25, 0.3) is 0 Å². The normalized spacial score (nSPS) is 16.1. The Bertz CT molecular complexity index is 517. The predicted octanol–water partition coefficient (Wildman–Crippen LogP) is 1.99. The van der Waals surface area contributed by atoms with Gasteiger partial charge in [-0.1, -0.05) is 49.0 Å². The number of thioether (sulfide) groups is 1. The molecular weight excluding hydrogens is 288 g/mol. The largest absolute Gasteiger partial charge is 0.354 e. The fraction of sp³-hybridized carbons (Fsp3) is 0.400. The first-order chi connectivity index (χ1) is 10.1. The van der Waals surface area contributed by atoms with Gasteiger partial charge in [0.05, 0.1) is 11.7 Å². The molecule has 3 amide bonds.